The highest BCUT2D eigenvalue weighted by Crippen LogP contribution is 2.20. The summed E-state index contributed by atoms with van der Waals surface area (Å²) in [5, 5.41) is 7.04. The normalized spacial score (nSPS) is 15.8. The van der Waals surface area contributed by atoms with Gasteiger partial charge in [0.25, 0.3) is 0 Å². The molecule has 0 saturated carbocycles. The predicted octanol–water partition coefficient (Wildman–Crippen LogP) is 2.46. The zero-order chi connectivity index (χ0) is 22.6. The highest BCUT2D eigenvalue weighted by molar-refractivity contribution is 7.89. The first kappa shape index (κ1) is 21.9. The second kappa shape index (κ2) is 9.47. The molecule has 1 aliphatic heterocycles. The predicted molar refractivity (Wildman–Crippen MR) is 124 cm³/mol. The molecular weight excluding hydrogens is 426 g/mol. The lowest BCUT2D eigenvalue weighted by Crippen LogP contribution is -2.46. The van der Waals surface area contributed by atoms with E-state index in [9.17, 15) is 13.2 Å². The van der Waals surface area contributed by atoms with Gasteiger partial charge in [-0.25, -0.2) is 13.1 Å². The fourth-order valence-corrected chi connectivity index (χ4v) is 4.81. The average molecular weight is 452 g/mol. The number of rotatable bonds is 6. The van der Waals surface area contributed by atoms with Crippen LogP contribution in [0.15, 0.2) is 78.0 Å². The van der Waals surface area contributed by atoms with Crippen molar-refractivity contribution in [1.82, 2.24) is 19.0 Å². The summed E-state index contributed by atoms with van der Waals surface area (Å²) in [6.45, 7) is 2.37. The monoisotopic (exact) mass is 451 g/mol. The lowest BCUT2D eigenvalue weighted by molar-refractivity contribution is -0.111. The minimum Gasteiger partial charge on any atom is -0.323 e. The highest BCUT2D eigenvalue weighted by atomic mass is 32.2. The Balaban J connectivity index is 1.36. The lowest BCUT2D eigenvalue weighted by atomic mass is 10.3. The van der Waals surface area contributed by atoms with Crippen LogP contribution in [0.3, 0.4) is 0 Å². The van der Waals surface area contributed by atoms with Crippen molar-refractivity contribution >= 4 is 27.7 Å². The number of sulfonamides is 1. The summed E-state index contributed by atoms with van der Waals surface area (Å²) < 4.78 is 28.8. The third kappa shape index (κ3) is 5.13. The van der Waals surface area contributed by atoms with Crippen LogP contribution >= 0.6 is 0 Å². The number of likely N-dealkylation sites (N-methyl/N-ethyl adjacent to an activating group) is 1. The number of piperazine rings is 1. The van der Waals surface area contributed by atoms with E-state index in [1.807, 2.05) is 43.6 Å². The molecule has 32 heavy (non-hydrogen) atoms. The number of nitrogens with zero attached hydrogens (tertiary/aromatic N) is 4. The molecule has 166 valence electrons. The molecule has 1 amide bonds. The second-order valence-electron chi connectivity index (χ2n) is 7.61. The smallest absolute Gasteiger partial charge is 0.248 e. The summed E-state index contributed by atoms with van der Waals surface area (Å²) in [4.78, 5) is 14.6. The van der Waals surface area contributed by atoms with Crippen LogP contribution in [-0.4, -0.2) is 66.5 Å². The van der Waals surface area contributed by atoms with Crippen LogP contribution in [0, 0.1) is 0 Å². The van der Waals surface area contributed by atoms with Crippen molar-refractivity contribution in [3.8, 4) is 5.69 Å². The maximum Gasteiger partial charge on any atom is 0.248 e. The second-order valence-corrected chi connectivity index (χ2v) is 9.55. The quantitative estimate of drug-likeness (QED) is 0.582. The van der Waals surface area contributed by atoms with Gasteiger partial charge in [0.1, 0.15) is 0 Å². The van der Waals surface area contributed by atoms with Crippen LogP contribution in [0.25, 0.3) is 11.8 Å². The van der Waals surface area contributed by atoms with Crippen LogP contribution < -0.4 is 5.32 Å². The van der Waals surface area contributed by atoms with Gasteiger partial charge in [-0.05, 0) is 49.5 Å². The Hall–Kier alpha value is -3.27. The molecule has 1 saturated heterocycles. The van der Waals surface area contributed by atoms with Crippen molar-refractivity contribution in [3.63, 3.8) is 0 Å². The molecule has 1 aliphatic rings. The maximum absolute atomic E-state index is 12.8. The van der Waals surface area contributed by atoms with Crippen molar-refractivity contribution in [3.05, 3.63) is 78.6 Å². The summed E-state index contributed by atoms with van der Waals surface area (Å²) >= 11 is 0. The lowest BCUT2D eigenvalue weighted by Gasteiger charge is -2.31. The maximum atomic E-state index is 12.8. The number of aromatic nitrogens is 2. The van der Waals surface area contributed by atoms with E-state index >= 15 is 0 Å². The topological polar surface area (TPSA) is 87.5 Å². The molecule has 3 aromatic rings. The number of carbonyl (C=O) groups is 1. The molecule has 0 radical (unpaired) electrons. The molecule has 0 atom stereocenters. The summed E-state index contributed by atoms with van der Waals surface area (Å²) in [5.41, 5.74) is 2.25. The Labute approximate surface area is 187 Å². The van der Waals surface area contributed by atoms with Crippen molar-refractivity contribution in [1.29, 1.82) is 0 Å². The number of nitrogens with one attached hydrogen (secondary N) is 1. The van der Waals surface area contributed by atoms with Gasteiger partial charge in [0.15, 0.2) is 0 Å². The minimum atomic E-state index is -3.53. The molecule has 4 rings (SSSR count). The first-order chi connectivity index (χ1) is 15.4. The molecule has 1 N–H and O–H groups in total. The van der Waals surface area contributed by atoms with Crippen LogP contribution in [0.2, 0.25) is 0 Å². The van der Waals surface area contributed by atoms with E-state index in [0.29, 0.717) is 31.9 Å². The van der Waals surface area contributed by atoms with E-state index in [1.165, 1.54) is 22.5 Å². The largest absolute Gasteiger partial charge is 0.323 e. The molecule has 0 aliphatic carbocycles. The molecule has 0 unspecified atom stereocenters. The van der Waals surface area contributed by atoms with E-state index in [4.69, 9.17) is 0 Å². The first-order valence-electron chi connectivity index (χ1n) is 10.3. The van der Waals surface area contributed by atoms with Gasteiger partial charge < -0.3 is 10.2 Å². The Kier molecular flexibility index (Phi) is 6.50. The molecule has 8 nitrogen and oxygen atoms in total. The molecule has 9 heteroatoms. The number of anilines is 1. The Morgan fingerprint density at radius 2 is 1.69 bits per heavy atom. The zero-order valence-electron chi connectivity index (χ0n) is 17.8. The van der Waals surface area contributed by atoms with Gasteiger partial charge in [0.2, 0.25) is 15.9 Å². The van der Waals surface area contributed by atoms with Gasteiger partial charge in [0, 0.05) is 49.7 Å². The number of amides is 1. The van der Waals surface area contributed by atoms with Gasteiger partial charge in [-0.1, -0.05) is 18.2 Å². The zero-order valence-corrected chi connectivity index (χ0v) is 18.6. The third-order valence-electron chi connectivity index (χ3n) is 5.27. The summed E-state index contributed by atoms with van der Waals surface area (Å²) in [5.74, 6) is -0.313. The number of hydrogen-bond acceptors (Lipinski definition) is 5. The Bertz CT molecular complexity index is 1200. The fourth-order valence-electron chi connectivity index (χ4n) is 3.39. The van der Waals surface area contributed by atoms with Crippen LogP contribution in [0.1, 0.15) is 5.56 Å². The van der Waals surface area contributed by atoms with Gasteiger partial charge in [-0.15, -0.1) is 0 Å². The number of hydrogen-bond donors (Lipinski definition) is 1. The van der Waals surface area contributed by atoms with Crippen molar-refractivity contribution in [2.75, 3.05) is 38.5 Å². The molecule has 2 aromatic carbocycles. The van der Waals surface area contributed by atoms with Gasteiger partial charge in [-0.3, -0.25) is 4.79 Å². The first-order valence-corrected chi connectivity index (χ1v) is 11.7. The molecular formula is C23H25N5O3S. The van der Waals surface area contributed by atoms with Crippen LogP contribution in [-0.2, 0) is 14.8 Å². The molecule has 0 bridgehead atoms. The van der Waals surface area contributed by atoms with Gasteiger partial charge in [-0.2, -0.15) is 9.40 Å². The van der Waals surface area contributed by atoms with Crippen molar-refractivity contribution in [2.24, 2.45) is 0 Å². The van der Waals surface area contributed by atoms with E-state index in [-0.39, 0.29) is 10.8 Å². The molecule has 1 fully saturated rings. The standard InChI is InChI=1S/C23H25N5O3S/c1-26-13-15-27(16-14-26)32(30,31)22-10-8-20(9-11-22)25-23(29)12-7-19-17-24-28(18-19)21-5-3-2-4-6-21/h2-12,17-18H,13-16H2,1H3,(H,25,29)/b12-7+. The molecule has 2 heterocycles. The fraction of sp³-hybridized carbons (Fsp3) is 0.217. The molecule has 0 spiro atoms. The van der Waals surface area contributed by atoms with Gasteiger partial charge in [0.05, 0.1) is 16.8 Å². The van der Waals surface area contributed by atoms with Crippen LogP contribution in [0.5, 0.6) is 0 Å². The molecule has 1 aromatic heterocycles. The Morgan fingerprint density at radius 3 is 2.38 bits per heavy atom. The third-order valence-corrected chi connectivity index (χ3v) is 7.19. The average Bonchev–Trinajstić information content (AvgIpc) is 3.28. The number of para-hydroxylation sites is 1. The minimum absolute atomic E-state index is 0.226. The van der Waals surface area contributed by atoms with Crippen molar-refractivity contribution < 1.29 is 13.2 Å². The van der Waals surface area contributed by atoms with E-state index in [2.05, 4.69) is 15.3 Å². The SMILES string of the molecule is CN1CCN(S(=O)(=O)c2ccc(NC(=O)/C=C/c3cnn(-c4ccccc4)c3)cc2)CC1. The van der Waals surface area contributed by atoms with E-state index < -0.39 is 10.0 Å². The number of benzene rings is 2. The highest BCUT2D eigenvalue weighted by Gasteiger charge is 2.27. The summed E-state index contributed by atoms with van der Waals surface area (Å²) in [7, 11) is -1.55. The van der Waals surface area contributed by atoms with Crippen LogP contribution in [0.4, 0.5) is 5.69 Å². The van der Waals surface area contributed by atoms with Gasteiger partial charge >= 0.3 is 0 Å². The summed E-state index contributed by atoms with van der Waals surface area (Å²) in [6, 6.07) is 15.9. The number of carbonyl (C=O) groups excluding carboxylic acids is 1. The van der Waals surface area contributed by atoms with E-state index in [1.54, 1.807) is 29.1 Å². The summed E-state index contributed by atoms with van der Waals surface area (Å²) in [6.07, 6.45) is 6.60. The van der Waals surface area contributed by atoms with Crippen molar-refractivity contribution in [2.45, 2.75) is 4.90 Å². The van der Waals surface area contributed by atoms with E-state index in [0.717, 1.165) is 11.3 Å². The Morgan fingerprint density at radius 1 is 1.00 bits per heavy atom.